The highest BCUT2D eigenvalue weighted by atomic mass is 35.5. The molecular formula is C27H37ClN4O3S2. The number of carbonyl (C=O) groups is 1. The second-order valence-electron chi connectivity index (χ2n) is 9.88. The average molecular weight is 565 g/mol. The van der Waals surface area contributed by atoms with Crippen molar-refractivity contribution in [2.75, 3.05) is 45.2 Å². The lowest BCUT2D eigenvalue weighted by Gasteiger charge is -2.22. The van der Waals surface area contributed by atoms with Crippen LogP contribution in [0.25, 0.3) is 10.2 Å². The molecule has 0 atom stereocenters. The second-order valence-corrected chi connectivity index (χ2v) is 12.8. The summed E-state index contributed by atoms with van der Waals surface area (Å²) in [7, 11) is 0.469. The molecule has 0 N–H and O–H groups in total. The van der Waals surface area contributed by atoms with Gasteiger partial charge in [-0.3, -0.25) is 9.69 Å². The van der Waals surface area contributed by atoms with Crippen molar-refractivity contribution in [2.24, 2.45) is 0 Å². The first-order chi connectivity index (χ1) is 17.2. The van der Waals surface area contributed by atoms with Crippen LogP contribution in [0.15, 0.2) is 41.3 Å². The van der Waals surface area contributed by atoms with Crippen LogP contribution in [0.4, 0.5) is 5.13 Å². The number of thiazole rings is 1. The van der Waals surface area contributed by atoms with Crippen LogP contribution in [0.5, 0.6) is 0 Å². The molecule has 202 valence electrons. The molecule has 4 rings (SSSR count). The van der Waals surface area contributed by atoms with Crippen LogP contribution < -0.4 is 4.90 Å². The lowest BCUT2D eigenvalue weighted by Crippen LogP contribution is -2.34. The highest BCUT2D eigenvalue weighted by Gasteiger charge is 2.26. The Hall–Kier alpha value is -2.04. The molecular weight excluding hydrogens is 528 g/mol. The Labute approximate surface area is 230 Å². The van der Waals surface area contributed by atoms with Crippen molar-refractivity contribution in [3.05, 3.63) is 53.1 Å². The van der Waals surface area contributed by atoms with Crippen LogP contribution in [-0.4, -0.2) is 68.8 Å². The fraction of sp³-hybridized carbons (Fsp3) is 0.481. The number of nitrogens with zero attached hydrogens (tertiary/aromatic N) is 4. The molecule has 7 nitrogen and oxygen atoms in total. The van der Waals surface area contributed by atoms with Gasteiger partial charge in [0.2, 0.25) is 10.0 Å². The van der Waals surface area contributed by atoms with Crippen LogP contribution in [-0.2, 0) is 10.0 Å². The number of rotatable bonds is 8. The standard InChI is InChI=1S/C27H36N4O3S2.ClH/c1-20-18-21(2)25-24(19-20)35-27(28-25)31(17-9-14-29(3)4)26(32)22-10-12-23(13-11-22)36(33,34)30-15-7-5-6-8-16-30;/h10-13,18-19H,5-9,14-17H2,1-4H3;1H. The third-order valence-electron chi connectivity index (χ3n) is 6.59. The number of carbonyl (C=O) groups excluding carboxylic acids is 1. The van der Waals surface area contributed by atoms with Crippen LogP contribution in [0.1, 0.15) is 53.6 Å². The number of amides is 1. The fourth-order valence-electron chi connectivity index (χ4n) is 4.66. The van der Waals surface area contributed by atoms with Crippen molar-refractivity contribution in [1.82, 2.24) is 14.2 Å². The molecule has 1 aliphatic rings. The number of benzene rings is 2. The number of aryl methyl sites for hydroxylation is 2. The molecule has 0 unspecified atom stereocenters. The fourth-order valence-corrected chi connectivity index (χ4v) is 7.34. The first-order valence-corrected chi connectivity index (χ1v) is 14.9. The summed E-state index contributed by atoms with van der Waals surface area (Å²) in [4.78, 5) is 22.6. The maximum atomic E-state index is 13.7. The van der Waals surface area contributed by atoms with E-state index in [2.05, 4.69) is 24.0 Å². The largest absolute Gasteiger partial charge is 0.309 e. The Morgan fingerprint density at radius 3 is 2.27 bits per heavy atom. The maximum Gasteiger partial charge on any atom is 0.260 e. The monoisotopic (exact) mass is 564 g/mol. The number of anilines is 1. The third kappa shape index (κ3) is 6.89. The molecule has 2 heterocycles. The maximum absolute atomic E-state index is 13.7. The van der Waals surface area contributed by atoms with Gasteiger partial charge in [0.1, 0.15) is 0 Å². The Bertz CT molecular complexity index is 1320. The molecule has 1 aromatic heterocycles. The summed E-state index contributed by atoms with van der Waals surface area (Å²) >= 11 is 1.52. The minimum atomic E-state index is -3.56. The number of hydrogen-bond donors (Lipinski definition) is 0. The summed E-state index contributed by atoms with van der Waals surface area (Å²) in [6, 6.07) is 10.6. The molecule has 37 heavy (non-hydrogen) atoms. The predicted molar refractivity (Wildman–Crippen MR) is 155 cm³/mol. The zero-order valence-corrected chi connectivity index (χ0v) is 24.5. The Balaban J connectivity index is 0.00000380. The van der Waals surface area contributed by atoms with Crippen molar-refractivity contribution in [3.63, 3.8) is 0 Å². The van der Waals surface area contributed by atoms with E-state index in [0.717, 1.165) is 54.4 Å². The van der Waals surface area contributed by atoms with Gasteiger partial charge < -0.3 is 4.90 Å². The second kappa shape index (κ2) is 12.7. The lowest BCUT2D eigenvalue weighted by molar-refractivity contribution is 0.0986. The van der Waals surface area contributed by atoms with Gasteiger partial charge >= 0.3 is 0 Å². The van der Waals surface area contributed by atoms with Crippen molar-refractivity contribution in [3.8, 4) is 0 Å². The van der Waals surface area contributed by atoms with E-state index in [-0.39, 0.29) is 23.2 Å². The summed E-state index contributed by atoms with van der Waals surface area (Å²) in [5, 5.41) is 0.670. The molecule has 1 fully saturated rings. The molecule has 0 saturated carbocycles. The van der Waals surface area contributed by atoms with E-state index < -0.39 is 10.0 Å². The van der Waals surface area contributed by atoms with Gasteiger partial charge in [-0.25, -0.2) is 13.4 Å². The number of hydrogen-bond acceptors (Lipinski definition) is 6. The quantitative estimate of drug-likeness (QED) is 0.361. The van der Waals surface area contributed by atoms with Gasteiger partial charge in [-0.2, -0.15) is 4.31 Å². The molecule has 1 aliphatic heterocycles. The van der Waals surface area contributed by atoms with Crippen molar-refractivity contribution < 1.29 is 13.2 Å². The molecule has 0 bridgehead atoms. The minimum absolute atomic E-state index is 0. The van der Waals surface area contributed by atoms with Gasteiger partial charge in [-0.1, -0.05) is 30.2 Å². The van der Waals surface area contributed by atoms with E-state index in [1.54, 1.807) is 33.5 Å². The summed E-state index contributed by atoms with van der Waals surface area (Å²) in [6.45, 7) is 6.59. The first kappa shape index (κ1) is 29.5. The van der Waals surface area contributed by atoms with Crippen molar-refractivity contribution in [1.29, 1.82) is 0 Å². The molecule has 1 amide bonds. The van der Waals surface area contributed by atoms with Gasteiger partial charge in [0.15, 0.2) is 5.13 Å². The van der Waals surface area contributed by atoms with Gasteiger partial charge in [-0.05, 0) is 95.2 Å². The molecule has 3 aromatic rings. The third-order valence-corrected chi connectivity index (χ3v) is 9.52. The van der Waals surface area contributed by atoms with Crippen LogP contribution >= 0.6 is 23.7 Å². The van der Waals surface area contributed by atoms with Gasteiger partial charge in [0.05, 0.1) is 15.1 Å². The van der Waals surface area contributed by atoms with E-state index in [1.165, 1.54) is 16.9 Å². The van der Waals surface area contributed by atoms with Crippen LogP contribution in [0, 0.1) is 13.8 Å². The predicted octanol–water partition coefficient (Wildman–Crippen LogP) is 5.50. The number of halogens is 1. The molecule has 0 aliphatic carbocycles. The average Bonchev–Trinajstić information content (AvgIpc) is 3.06. The van der Waals surface area contributed by atoms with Gasteiger partial charge in [0, 0.05) is 25.2 Å². The Morgan fingerprint density at radius 2 is 1.65 bits per heavy atom. The van der Waals surface area contributed by atoms with Crippen LogP contribution in [0.3, 0.4) is 0 Å². The van der Waals surface area contributed by atoms with E-state index in [0.29, 0.717) is 30.3 Å². The topological polar surface area (TPSA) is 73.8 Å². The number of fused-ring (bicyclic) bond motifs is 1. The molecule has 1 saturated heterocycles. The van der Waals surface area contributed by atoms with Crippen LogP contribution in [0.2, 0.25) is 0 Å². The summed E-state index contributed by atoms with van der Waals surface area (Å²) in [6.07, 6.45) is 4.70. The smallest absolute Gasteiger partial charge is 0.260 e. The van der Waals surface area contributed by atoms with Gasteiger partial charge in [-0.15, -0.1) is 12.4 Å². The number of sulfonamides is 1. The Kier molecular flexibility index (Phi) is 10.1. The lowest BCUT2D eigenvalue weighted by atomic mass is 10.1. The molecule has 0 spiro atoms. The highest BCUT2D eigenvalue weighted by Crippen LogP contribution is 2.33. The highest BCUT2D eigenvalue weighted by molar-refractivity contribution is 7.89. The summed E-state index contributed by atoms with van der Waals surface area (Å²) in [5.41, 5.74) is 3.64. The van der Waals surface area contributed by atoms with Crippen molar-refractivity contribution in [2.45, 2.75) is 50.8 Å². The first-order valence-electron chi connectivity index (χ1n) is 12.6. The van der Waals surface area contributed by atoms with Crippen molar-refractivity contribution >= 4 is 55.0 Å². The Morgan fingerprint density at radius 1 is 1.00 bits per heavy atom. The zero-order valence-electron chi connectivity index (χ0n) is 22.1. The molecule has 2 aromatic carbocycles. The van der Waals surface area contributed by atoms with Gasteiger partial charge in [0.25, 0.3) is 5.91 Å². The summed E-state index contributed by atoms with van der Waals surface area (Å²) in [5.74, 6) is -0.166. The zero-order chi connectivity index (χ0) is 25.9. The van der Waals surface area contributed by atoms with E-state index in [1.807, 2.05) is 21.0 Å². The molecule has 0 radical (unpaired) electrons. The number of aromatic nitrogens is 1. The SMILES string of the molecule is Cc1cc(C)c2nc(N(CCCN(C)C)C(=O)c3ccc(S(=O)(=O)N4CCCCCC4)cc3)sc2c1.Cl. The van der Waals surface area contributed by atoms with E-state index >= 15 is 0 Å². The van der Waals surface area contributed by atoms with E-state index in [4.69, 9.17) is 4.98 Å². The minimum Gasteiger partial charge on any atom is -0.309 e. The molecule has 10 heteroatoms. The normalized spacial score (nSPS) is 14.9. The van der Waals surface area contributed by atoms with E-state index in [9.17, 15) is 13.2 Å². The summed E-state index contributed by atoms with van der Waals surface area (Å²) < 4.78 is 29.0.